The Morgan fingerprint density at radius 1 is 0.568 bits per heavy atom. The molecule has 6 aromatic carbocycles. The van der Waals surface area contributed by atoms with Crippen LogP contribution in [0.25, 0.3) is 21.5 Å². The molecule has 0 spiro atoms. The van der Waals surface area contributed by atoms with Gasteiger partial charge in [0.2, 0.25) is 0 Å². The van der Waals surface area contributed by atoms with E-state index in [1.165, 1.54) is 54.2 Å². The summed E-state index contributed by atoms with van der Waals surface area (Å²) in [5.41, 5.74) is 5.19. The van der Waals surface area contributed by atoms with Gasteiger partial charge in [0.15, 0.2) is 0 Å². The van der Waals surface area contributed by atoms with E-state index in [1.807, 2.05) is 42.5 Å². The van der Waals surface area contributed by atoms with Crippen LogP contribution in [-0.4, -0.2) is 5.49 Å². The molecule has 0 amide bonds. The average molecular weight is 802 g/mol. The van der Waals surface area contributed by atoms with Crippen molar-refractivity contribution in [1.29, 1.82) is 0 Å². The first-order valence-corrected chi connectivity index (χ1v) is 31.0. The third-order valence-electron chi connectivity index (χ3n) is 7.88. The molecule has 0 aliphatic rings. The Hall–Kier alpha value is -2.23. The summed E-state index contributed by atoms with van der Waals surface area (Å²) in [5.74, 6) is 0. The molecular formula is C40H44Cl2HfSi-2. The van der Waals surface area contributed by atoms with Crippen molar-refractivity contribution in [1.82, 2.24) is 0 Å². The van der Waals surface area contributed by atoms with Crippen LogP contribution in [0.5, 0.6) is 0 Å². The third kappa shape index (κ3) is 8.72. The van der Waals surface area contributed by atoms with Crippen molar-refractivity contribution in [2.75, 3.05) is 0 Å². The van der Waals surface area contributed by atoms with Gasteiger partial charge in [-0.15, -0.1) is 39.7 Å². The molecule has 0 radical (unpaired) electrons. The Labute approximate surface area is 280 Å². The van der Waals surface area contributed by atoms with E-state index in [1.54, 1.807) is 0 Å². The van der Waals surface area contributed by atoms with Crippen LogP contribution in [0.4, 0.5) is 0 Å². The van der Waals surface area contributed by atoms with E-state index < -0.39 is 23.2 Å². The van der Waals surface area contributed by atoms with Crippen LogP contribution in [0.2, 0.25) is 0 Å². The van der Waals surface area contributed by atoms with Crippen LogP contribution in [0.15, 0.2) is 121 Å². The minimum Gasteiger partial charge on any atom is -0.214 e. The van der Waals surface area contributed by atoms with Gasteiger partial charge in [-0.1, -0.05) is 75.9 Å². The van der Waals surface area contributed by atoms with Gasteiger partial charge in [-0.2, -0.15) is 18.2 Å². The maximum atomic E-state index is 6.34. The fraction of sp³-hybridized carbons (Fsp3) is 0.250. The minimum atomic E-state index is -2.41. The maximum Gasteiger partial charge on any atom is -0.172 e. The summed E-state index contributed by atoms with van der Waals surface area (Å²) < 4.78 is 0. The number of benzene rings is 4. The van der Waals surface area contributed by atoms with Crippen LogP contribution in [0, 0.1) is 13.8 Å². The van der Waals surface area contributed by atoms with Gasteiger partial charge in [-0.3, -0.25) is 0 Å². The fourth-order valence-corrected chi connectivity index (χ4v) is 26.7. The first kappa shape index (κ1) is 34.6. The summed E-state index contributed by atoms with van der Waals surface area (Å²) >= 11 is -2.41. The van der Waals surface area contributed by atoms with Gasteiger partial charge >= 0.3 is 111 Å². The molecule has 228 valence electrons. The molecule has 0 nitrogen and oxygen atoms in total. The Bertz CT molecular complexity index is 1700. The van der Waals surface area contributed by atoms with E-state index in [4.69, 9.17) is 17.2 Å². The molecule has 0 N–H and O–H groups in total. The molecule has 0 saturated heterocycles. The quantitative estimate of drug-likeness (QED) is 0.121. The van der Waals surface area contributed by atoms with Crippen molar-refractivity contribution < 1.29 is 17.7 Å². The van der Waals surface area contributed by atoms with Gasteiger partial charge < -0.3 is 0 Å². The average Bonchev–Trinajstić information content (AvgIpc) is 3.64. The third-order valence-corrected chi connectivity index (χ3v) is 29.7. The number of aryl methyl sites for hydroxylation is 2. The summed E-state index contributed by atoms with van der Waals surface area (Å²) in [6, 6.07) is 42.8. The Kier molecular flexibility index (Phi) is 11.7. The second kappa shape index (κ2) is 14.9. The van der Waals surface area contributed by atoms with Crippen LogP contribution >= 0.6 is 17.2 Å². The summed E-state index contributed by atoms with van der Waals surface area (Å²) in [7, 11) is 12.7. The number of hydrogen-bond donors (Lipinski definition) is 0. The van der Waals surface area contributed by atoms with Crippen molar-refractivity contribution in [3.05, 3.63) is 144 Å². The normalized spacial score (nSPS) is 11.4. The van der Waals surface area contributed by atoms with E-state index >= 15 is 0 Å². The van der Waals surface area contributed by atoms with Gasteiger partial charge in [0.1, 0.15) is 0 Å². The standard InChI is InChI=1S/C23H29.C12H10Si.C5H5.2ClH.Hf/c1-14-9-16-11-17-10-15(2)21(23(6,7)8)13-19(17)18(16)12-20(14)22(3,4)5;1-3-7-11(8-4-1)13-12-9-5-2-6-10-12;1-2-4-5-3-1;;;/h9-13H,1-8H3;1-10H;1-5H;2*1H;/q-1;;-1;;;+2/p-2. The van der Waals surface area contributed by atoms with Crippen LogP contribution in [0.3, 0.4) is 0 Å². The Balaban J connectivity index is 0.000000181. The molecule has 0 bridgehead atoms. The smallest absolute Gasteiger partial charge is 0.172 e. The molecule has 6 rings (SSSR count). The van der Waals surface area contributed by atoms with Gasteiger partial charge in [-0.25, -0.2) is 12.1 Å². The van der Waals surface area contributed by atoms with Gasteiger partial charge in [-0.05, 0) is 24.7 Å². The van der Waals surface area contributed by atoms with Gasteiger partial charge in [0, 0.05) is 0 Å². The monoisotopic (exact) mass is 802 g/mol. The minimum absolute atomic E-state index is 0.180. The van der Waals surface area contributed by atoms with E-state index in [-0.39, 0.29) is 10.8 Å². The van der Waals surface area contributed by atoms with Gasteiger partial charge in [0.25, 0.3) is 0 Å². The van der Waals surface area contributed by atoms with E-state index in [0.717, 1.165) is 0 Å². The molecule has 0 saturated carbocycles. The summed E-state index contributed by atoms with van der Waals surface area (Å²) in [5, 5.41) is 8.23. The molecule has 0 aromatic heterocycles. The summed E-state index contributed by atoms with van der Waals surface area (Å²) in [4.78, 5) is 0. The topological polar surface area (TPSA) is 0 Å². The predicted molar refractivity (Wildman–Crippen MR) is 196 cm³/mol. The Morgan fingerprint density at radius 2 is 0.955 bits per heavy atom. The zero-order chi connectivity index (χ0) is 32.1. The molecule has 0 unspecified atom stereocenters. The van der Waals surface area contributed by atoms with E-state index in [0.29, 0.717) is 0 Å². The first-order chi connectivity index (χ1) is 20.8. The number of fused-ring (bicyclic) bond motifs is 3. The zero-order valence-electron chi connectivity index (χ0n) is 27.3. The molecule has 0 heterocycles. The maximum absolute atomic E-state index is 6.34. The number of rotatable bonds is 2. The molecule has 44 heavy (non-hydrogen) atoms. The van der Waals surface area contributed by atoms with Crippen molar-refractivity contribution in [2.24, 2.45) is 0 Å². The van der Waals surface area contributed by atoms with Crippen LogP contribution in [0.1, 0.15) is 63.8 Å². The number of halogens is 2. The second-order valence-electron chi connectivity index (χ2n) is 13.5. The SMILES string of the molecule is Cc1cc2[cH-]c3cc(C)c(C(C)(C)C)cc3c2cc1C(C)(C)C.[Cl][Hf]([Cl])=[Si](c1ccccc1)c1ccccc1.c1cc[cH-]c1. The summed E-state index contributed by atoms with van der Waals surface area (Å²) in [6.45, 7) is 18.3. The van der Waals surface area contributed by atoms with E-state index in [2.05, 4.69) is 134 Å². The van der Waals surface area contributed by atoms with Crippen LogP contribution < -0.4 is 10.4 Å². The van der Waals surface area contributed by atoms with Crippen molar-refractivity contribution in [3.8, 4) is 0 Å². The van der Waals surface area contributed by atoms with E-state index in [9.17, 15) is 0 Å². The first-order valence-electron chi connectivity index (χ1n) is 15.3. The van der Waals surface area contributed by atoms with Crippen molar-refractivity contribution in [2.45, 2.75) is 66.2 Å². The number of hydrogen-bond acceptors (Lipinski definition) is 0. The largest absolute Gasteiger partial charge is 0.214 e. The molecule has 0 fully saturated rings. The molecule has 0 atom stereocenters. The Morgan fingerprint density at radius 3 is 1.25 bits per heavy atom. The van der Waals surface area contributed by atoms with Crippen LogP contribution in [-0.2, 0) is 28.5 Å². The molecule has 4 heteroatoms. The summed E-state index contributed by atoms with van der Waals surface area (Å²) in [6.07, 6.45) is 0. The predicted octanol–water partition coefficient (Wildman–Crippen LogP) is 11.0. The second-order valence-corrected chi connectivity index (χ2v) is 39.7. The molecule has 0 aliphatic heterocycles. The van der Waals surface area contributed by atoms with Gasteiger partial charge in [0.05, 0.1) is 0 Å². The fourth-order valence-electron chi connectivity index (χ4n) is 5.86. The zero-order valence-corrected chi connectivity index (χ0v) is 33.4. The molecule has 6 aromatic rings. The molecular weight excluding hydrogens is 758 g/mol. The van der Waals surface area contributed by atoms with Crippen molar-refractivity contribution >= 4 is 54.6 Å². The molecule has 0 aliphatic carbocycles. The van der Waals surface area contributed by atoms with Crippen molar-refractivity contribution in [3.63, 3.8) is 0 Å².